The maximum absolute atomic E-state index is 12.7. The number of esters is 1. The molecule has 230 valence electrons. The standard InChI is InChI=1S/C38H54O4/c1-24(2)25(3)8-9-26(4)31-14-15-32-30-13-12-28-23-29(18-20-37(28,5)33(30)19-21-38(31,32)6)42-36(40)17-11-27-10-16-34(39)35(22-27)41-7/h10-12,16-17,22,24,26,29-33,39H,3,8-9,13-15,18-21,23H2,1-2,4-7H3/t26-,29+,30+,31-,32+,33+,37+,38-/m1/s1. The highest BCUT2D eigenvalue weighted by Crippen LogP contribution is 2.67. The highest BCUT2D eigenvalue weighted by molar-refractivity contribution is 5.87. The Hall–Kier alpha value is -2.49. The van der Waals surface area contributed by atoms with Gasteiger partial charge in [-0.3, -0.25) is 0 Å². The molecule has 0 unspecified atom stereocenters. The van der Waals surface area contributed by atoms with Crippen LogP contribution >= 0.6 is 0 Å². The molecule has 4 heteroatoms. The van der Waals surface area contributed by atoms with Gasteiger partial charge in [-0.05, 0) is 128 Å². The number of hydrogen-bond acceptors (Lipinski definition) is 4. The summed E-state index contributed by atoms with van der Waals surface area (Å²) in [6, 6.07) is 5.03. The highest BCUT2D eigenvalue weighted by Gasteiger charge is 2.59. The van der Waals surface area contributed by atoms with Crippen molar-refractivity contribution < 1.29 is 19.4 Å². The van der Waals surface area contributed by atoms with Gasteiger partial charge >= 0.3 is 5.97 Å². The van der Waals surface area contributed by atoms with Crippen LogP contribution < -0.4 is 4.74 Å². The van der Waals surface area contributed by atoms with Gasteiger partial charge in [0.15, 0.2) is 11.5 Å². The van der Waals surface area contributed by atoms with Crippen LogP contribution in [-0.4, -0.2) is 24.3 Å². The molecule has 4 aliphatic carbocycles. The number of ether oxygens (including phenoxy) is 2. The van der Waals surface area contributed by atoms with Gasteiger partial charge in [0.1, 0.15) is 6.10 Å². The van der Waals surface area contributed by atoms with E-state index in [1.54, 1.807) is 29.8 Å². The number of aromatic hydroxyl groups is 1. The molecule has 0 spiro atoms. The van der Waals surface area contributed by atoms with Gasteiger partial charge in [0.05, 0.1) is 7.11 Å². The molecule has 8 atom stereocenters. The zero-order valence-corrected chi connectivity index (χ0v) is 27.0. The lowest BCUT2D eigenvalue weighted by Gasteiger charge is -2.58. The number of hydrogen-bond donors (Lipinski definition) is 1. The van der Waals surface area contributed by atoms with E-state index in [2.05, 4.69) is 47.3 Å². The van der Waals surface area contributed by atoms with E-state index in [0.717, 1.165) is 54.4 Å². The van der Waals surface area contributed by atoms with Gasteiger partial charge in [-0.1, -0.05) is 64.5 Å². The van der Waals surface area contributed by atoms with Crippen LogP contribution in [0.1, 0.15) is 104 Å². The first-order valence-corrected chi connectivity index (χ1v) is 16.6. The van der Waals surface area contributed by atoms with Crippen LogP contribution in [-0.2, 0) is 9.53 Å². The molecule has 1 aromatic carbocycles. The molecule has 42 heavy (non-hydrogen) atoms. The van der Waals surface area contributed by atoms with Crippen LogP contribution in [0.3, 0.4) is 0 Å². The van der Waals surface area contributed by atoms with Gasteiger partial charge in [0.25, 0.3) is 0 Å². The van der Waals surface area contributed by atoms with Gasteiger partial charge in [-0.25, -0.2) is 4.79 Å². The largest absolute Gasteiger partial charge is 0.504 e. The summed E-state index contributed by atoms with van der Waals surface area (Å²) in [5, 5.41) is 9.81. The normalized spacial score (nSPS) is 34.7. The van der Waals surface area contributed by atoms with E-state index in [0.29, 0.717) is 17.1 Å². The number of benzene rings is 1. The highest BCUT2D eigenvalue weighted by atomic mass is 16.5. The van der Waals surface area contributed by atoms with Gasteiger partial charge in [0.2, 0.25) is 0 Å². The summed E-state index contributed by atoms with van der Waals surface area (Å²) in [6.45, 7) is 16.6. The SMILES string of the molecule is C=C(CC[C@@H](C)[C@H]1CC[C@H]2[C@@H]3CC=C4C[C@@H](OC(=O)C=Cc5ccc(O)c(OC)c5)CC[C@]4(C)[C@H]3CC[C@]12C)C(C)C. The van der Waals surface area contributed by atoms with Crippen molar-refractivity contribution in [1.29, 1.82) is 0 Å². The van der Waals surface area contributed by atoms with Crippen LogP contribution in [0.4, 0.5) is 0 Å². The topological polar surface area (TPSA) is 55.8 Å². The number of carbonyl (C=O) groups is 1. The quantitative estimate of drug-likeness (QED) is 0.181. The van der Waals surface area contributed by atoms with Crippen molar-refractivity contribution in [3.8, 4) is 11.5 Å². The van der Waals surface area contributed by atoms with Crippen molar-refractivity contribution in [3.05, 3.63) is 53.6 Å². The summed E-state index contributed by atoms with van der Waals surface area (Å²) in [6.07, 6.45) is 17.8. The van der Waals surface area contributed by atoms with Gasteiger partial charge in [-0.15, -0.1) is 0 Å². The second-order valence-corrected chi connectivity index (χ2v) is 14.9. The van der Waals surface area contributed by atoms with Crippen molar-refractivity contribution >= 4 is 12.0 Å². The fourth-order valence-corrected chi connectivity index (χ4v) is 9.77. The second-order valence-electron chi connectivity index (χ2n) is 14.9. The summed E-state index contributed by atoms with van der Waals surface area (Å²) < 4.78 is 11.1. The zero-order valence-electron chi connectivity index (χ0n) is 27.0. The molecule has 5 rings (SSSR count). The molecule has 3 fully saturated rings. The van der Waals surface area contributed by atoms with E-state index in [4.69, 9.17) is 9.47 Å². The van der Waals surface area contributed by atoms with Crippen molar-refractivity contribution in [3.63, 3.8) is 0 Å². The Morgan fingerprint density at radius 1 is 1.12 bits per heavy atom. The third-order valence-electron chi connectivity index (χ3n) is 12.5. The average molecular weight is 575 g/mol. The number of allylic oxidation sites excluding steroid dienone is 2. The molecule has 3 saturated carbocycles. The average Bonchev–Trinajstić information content (AvgIpc) is 3.32. The lowest BCUT2D eigenvalue weighted by Crippen LogP contribution is -2.51. The third kappa shape index (κ3) is 5.84. The second kappa shape index (κ2) is 12.2. The summed E-state index contributed by atoms with van der Waals surface area (Å²) in [5.41, 5.74) is 4.46. The lowest BCUT2D eigenvalue weighted by atomic mass is 9.47. The molecule has 0 heterocycles. The first-order valence-electron chi connectivity index (χ1n) is 16.6. The third-order valence-corrected chi connectivity index (χ3v) is 12.5. The van der Waals surface area contributed by atoms with Crippen molar-refractivity contribution in [2.24, 2.45) is 46.3 Å². The van der Waals surface area contributed by atoms with E-state index >= 15 is 0 Å². The molecule has 0 bridgehead atoms. The smallest absolute Gasteiger partial charge is 0.331 e. The minimum absolute atomic E-state index is 0.0569. The van der Waals surface area contributed by atoms with Gasteiger partial charge in [0, 0.05) is 12.5 Å². The van der Waals surface area contributed by atoms with E-state index in [1.165, 1.54) is 63.7 Å². The number of rotatable bonds is 9. The summed E-state index contributed by atoms with van der Waals surface area (Å²) in [4.78, 5) is 12.7. The van der Waals surface area contributed by atoms with Crippen molar-refractivity contribution in [2.45, 2.75) is 105 Å². The number of phenols is 1. The molecule has 0 aromatic heterocycles. The van der Waals surface area contributed by atoms with Crippen LogP contribution in [0.5, 0.6) is 11.5 Å². The number of phenolic OH excluding ortho intramolecular Hbond substituents is 1. The predicted octanol–water partition coefficient (Wildman–Crippen LogP) is 9.53. The van der Waals surface area contributed by atoms with Crippen LogP contribution in [0.15, 0.2) is 48.1 Å². The Morgan fingerprint density at radius 3 is 2.64 bits per heavy atom. The summed E-state index contributed by atoms with van der Waals surface area (Å²) in [5.74, 6) is 4.76. The molecule has 1 aromatic rings. The Labute approximate surface area is 254 Å². The lowest BCUT2D eigenvalue weighted by molar-refractivity contribution is -0.145. The summed E-state index contributed by atoms with van der Waals surface area (Å²) in [7, 11) is 1.51. The monoisotopic (exact) mass is 574 g/mol. The Bertz CT molecular complexity index is 1230. The maximum Gasteiger partial charge on any atom is 0.331 e. The molecular formula is C38H54O4. The first kappa shape index (κ1) is 31.0. The fraction of sp³-hybridized carbons (Fsp3) is 0.658. The molecule has 0 saturated heterocycles. The van der Waals surface area contributed by atoms with Crippen LogP contribution in [0.2, 0.25) is 0 Å². The number of carbonyl (C=O) groups excluding carboxylic acids is 1. The van der Waals surface area contributed by atoms with E-state index < -0.39 is 0 Å². The Kier molecular flexibility index (Phi) is 9.03. The maximum atomic E-state index is 12.7. The fourth-order valence-electron chi connectivity index (χ4n) is 9.77. The Morgan fingerprint density at radius 2 is 1.90 bits per heavy atom. The molecular weight excluding hydrogens is 520 g/mol. The molecule has 0 radical (unpaired) electrons. The minimum atomic E-state index is -0.304. The minimum Gasteiger partial charge on any atom is -0.504 e. The van der Waals surface area contributed by atoms with Crippen molar-refractivity contribution in [1.82, 2.24) is 0 Å². The molecule has 1 N–H and O–H groups in total. The molecule has 4 nitrogen and oxygen atoms in total. The van der Waals surface area contributed by atoms with Crippen molar-refractivity contribution in [2.75, 3.05) is 7.11 Å². The first-order chi connectivity index (χ1) is 20.0. The van der Waals surface area contributed by atoms with E-state index in [-0.39, 0.29) is 23.2 Å². The van der Waals surface area contributed by atoms with E-state index in [9.17, 15) is 9.90 Å². The van der Waals surface area contributed by atoms with Crippen LogP contribution in [0.25, 0.3) is 6.08 Å². The number of methoxy groups -OCH3 is 1. The van der Waals surface area contributed by atoms with Gasteiger partial charge < -0.3 is 14.6 Å². The van der Waals surface area contributed by atoms with E-state index in [1.807, 2.05) is 0 Å². The van der Waals surface area contributed by atoms with Crippen LogP contribution in [0, 0.1) is 46.3 Å². The molecule has 0 amide bonds. The number of fused-ring (bicyclic) bond motifs is 5. The zero-order chi connectivity index (χ0) is 30.2. The summed E-state index contributed by atoms with van der Waals surface area (Å²) >= 11 is 0. The predicted molar refractivity (Wildman–Crippen MR) is 171 cm³/mol. The molecule has 4 aliphatic rings. The Balaban J connectivity index is 1.21. The van der Waals surface area contributed by atoms with Gasteiger partial charge in [-0.2, -0.15) is 0 Å². The molecule has 0 aliphatic heterocycles.